The molecule has 18 heavy (non-hydrogen) atoms. The van der Waals surface area contributed by atoms with Crippen LogP contribution < -0.4 is 10.6 Å². The zero-order valence-electron chi connectivity index (χ0n) is 12.6. The highest BCUT2D eigenvalue weighted by Crippen LogP contribution is 2.05. The fourth-order valence-electron chi connectivity index (χ4n) is 2.00. The summed E-state index contributed by atoms with van der Waals surface area (Å²) < 4.78 is 5.63. The van der Waals surface area contributed by atoms with Crippen molar-refractivity contribution < 1.29 is 4.74 Å². The monoisotopic (exact) mass is 258 g/mol. The van der Waals surface area contributed by atoms with Gasteiger partial charge in [-0.05, 0) is 59.3 Å². The van der Waals surface area contributed by atoms with Crippen LogP contribution in [0.5, 0.6) is 0 Å². The molecule has 0 atom stereocenters. The molecule has 3 heteroatoms. The normalized spacial score (nSPS) is 11.0. The first kappa shape index (κ1) is 17.9. The molecule has 110 valence electrons. The zero-order chi connectivity index (χ0) is 13.3. The van der Waals surface area contributed by atoms with E-state index in [2.05, 4.69) is 10.6 Å². The summed E-state index contributed by atoms with van der Waals surface area (Å²) in [4.78, 5) is 0. The molecule has 0 saturated heterocycles. The Morgan fingerprint density at radius 3 is 1.44 bits per heavy atom. The molecule has 0 amide bonds. The maximum absolute atomic E-state index is 5.63. The average Bonchev–Trinajstić information content (AvgIpc) is 2.39. The van der Waals surface area contributed by atoms with Gasteiger partial charge < -0.3 is 15.4 Å². The summed E-state index contributed by atoms with van der Waals surface area (Å²) in [5.74, 6) is 0. The third kappa shape index (κ3) is 15.9. The molecule has 0 aromatic heterocycles. The van der Waals surface area contributed by atoms with Crippen molar-refractivity contribution in [1.29, 1.82) is 0 Å². The van der Waals surface area contributed by atoms with Crippen LogP contribution in [0.4, 0.5) is 0 Å². The van der Waals surface area contributed by atoms with Gasteiger partial charge in [0.1, 0.15) is 0 Å². The van der Waals surface area contributed by atoms with E-state index in [1.807, 2.05) is 14.1 Å². The van der Waals surface area contributed by atoms with Gasteiger partial charge in [0.15, 0.2) is 0 Å². The van der Waals surface area contributed by atoms with E-state index in [-0.39, 0.29) is 0 Å². The smallest absolute Gasteiger partial charge is 0.0466 e. The van der Waals surface area contributed by atoms with Crippen molar-refractivity contribution in [2.24, 2.45) is 0 Å². The number of nitrogens with one attached hydrogen (secondary N) is 2. The quantitative estimate of drug-likeness (QED) is 0.443. The van der Waals surface area contributed by atoms with Gasteiger partial charge in [0, 0.05) is 13.2 Å². The van der Waals surface area contributed by atoms with Gasteiger partial charge in [-0.25, -0.2) is 0 Å². The van der Waals surface area contributed by atoms with Crippen molar-refractivity contribution in [3.8, 4) is 0 Å². The predicted molar refractivity (Wildman–Crippen MR) is 80.2 cm³/mol. The Morgan fingerprint density at radius 2 is 0.944 bits per heavy atom. The molecular formula is C15H34N2O. The first-order chi connectivity index (χ1) is 8.91. The van der Waals surface area contributed by atoms with Crippen molar-refractivity contribution in [3.63, 3.8) is 0 Å². The lowest BCUT2D eigenvalue weighted by Gasteiger charge is -2.04. The molecule has 0 aliphatic heterocycles. The topological polar surface area (TPSA) is 33.3 Å². The molecule has 2 N–H and O–H groups in total. The van der Waals surface area contributed by atoms with Gasteiger partial charge in [0.2, 0.25) is 0 Å². The molecule has 0 rings (SSSR count). The Labute approximate surface area is 114 Å². The Hall–Kier alpha value is -0.120. The molecular weight excluding hydrogens is 224 g/mol. The van der Waals surface area contributed by atoms with Gasteiger partial charge >= 0.3 is 0 Å². The predicted octanol–water partition coefficient (Wildman–Crippen LogP) is 2.95. The van der Waals surface area contributed by atoms with E-state index in [1.54, 1.807) is 0 Å². The van der Waals surface area contributed by atoms with E-state index in [1.165, 1.54) is 57.8 Å². The molecule has 0 saturated carbocycles. The van der Waals surface area contributed by atoms with Crippen LogP contribution >= 0.6 is 0 Å². The van der Waals surface area contributed by atoms with E-state index in [0.717, 1.165) is 26.3 Å². The highest BCUT2D eigenvalue weighted by atomic mass is 16.5. The van der Waals surface area contributed by atoms with Gasteiger partial charge in [-0.2, -0.15) is 0 Å². The van der Waals surface area contributed by atoms with Crippen LogP contribution in [0, 0.1) is 0 Å². The van der Waals surface area contributed by atoms with E-state index in [9.17, 15) is 0 Å². The molecule has 0 heterocycles. The third-order valence-electron chi connectivity index (χ3n) is 3.18. The van der Waals surface area contributed by atoms with Crippen molar-refractivity contribution in [3.05, 3.63) is 0 Å². The maximum atomic E-state index is 5.63. The van der Waals surface area contributed by atoms with Crippen LogP contribution in [-0.2, 0) is 4.74 Å². The lowest BCUT2D eigenvalue weighted by molar-refractivity contribution is 0.126. The second-order valence-electron chi connectivity index (χ2n) is 5.00. The largest absolute Gasteiger partial charge is 0.381 e. The molecule has 0 aromatic carbocycles. The van der Waals surface area contributed by atoms with Crippen LogP contribution in [0.1, 0.15) is 57.8 Å². The molecule has 3 nitrogen and oxygen atoms in total. The van der Waals surface area contributed by atoms with Gasteiger partial charge in [-0.3, -0.25) is 0 Å². The van der Waals surface area contributed by atoms with E-state index in [4.69, 9.17) is 4.74 Å². The fourth-order valence-corrected chi connectivity index (χ4v) is 2.00. The standard InChI is InChI=1S/C15H34N2O/c1-16-12-8-5-3-4-6-10-14-18-15-11-7-9-13-17-2/h16-17H,3-15H2,1-2H3. The minimum Gasteiger partial charge on any atom is -0.381 e. The summed E-state index contributed by atoms with van der Waals surface area (Å²) in [7, 11) is 4.03. The third-order valence-corrected chi connectivity index (χ3v) is 3.18. The first-order valence-electron chi connectivity index (χ1n) is 7.78. The Morgan fingerprint density at radius 1 is 0.556 bits per heavy atom. The average molecular weight is 258 g/mol. The van der Waals surface area contributed by atoms with Crippen LogP contribution in [0.3, 0.4) is 0 Å². The maximum Gasteiger partial charge on any atom is 0.0466 e. The van der Waals surface area contributed by atoms with Crippen molar-refractivity contribution >= 4 is 0 Å². The van der Waals surface area contributed by atoms with Gasteiger partial charge in [0.25, 0.3) is 0 Å². The molecule has 0 unspecified atom stereocenters. The molecule has 0 aromatic rings. The summed E-state index contributed by atoms with van der Waals surface area (Å²) in [6, 6.07) is 0. The molecule has 0 bridgehead atoms. The molecule has 0 radical (unpaired) electrons. The molecule has 0 fully saturated rings. The number of ether oxygens (including phenoxy) is 1. The van der Waals surface area contributed by atoms with Crippen LogP contribution in [-0.4, -0.2) is 40.4 Å². The van der Waals surface area contributed by atoms with Crippen LogP contribution in [0.2, 0.25) is 0 Å². The summed E-state index contributed by atoms with van der Waals surface area (Å²) in [6.07, 6.45) is 11.8. The van der Waals surface area contributed by atoms with Crippen molar-refractivity contribution in [2.75, 3.05) is 40.4 Å². The van der Waals surface area contributed by atoms with Crippen molar-refractivity contribution in [1.82, 2.24) is 10.6 Å². The van der Waals surface area contributed by atoms with Crippen molar-refractivity contribution in [2.45, 2.75) is 57.8 Å². The Kier molecular flexibility index (Phi) is 16.8. The Balaban J connectivity index is 2.86. The van der Waals surface area contributed by atoms with Crippen LogP contribution in [0.25, 0.3) is 0 Å². The SMILES string of the molecule is CNCCCCCCCCOCCCCCNC. The highest BCUT2D eigenvalue weighted by Gasteiger charge is 1.93. The summed E-state index contributed by atoms with van der Waals surface area (Å²) in [6.45, 7) is 4.21. The van der Waals surface area contributed by atoms with E-state index < -0.39 is 0 Å². The summed E-state index contributed by atoms with van der Waals surface area (Å²) in [5.41, 5.74) is 0. The Bertz CT molecular complexity index is 126. The lowest BCUT2D eigenvalue weighted by atomic mass is 10.1. The number of rotatable bonds is 15. The van der Waals surface area contributed by atoms with Crippen LogP contribution in [0.15, 0.2) is 0 Å². The molecule has 0 aliphatic carbocycles. The lowest BCUT2D eigenvalue weighted by Crippen LogP contribution is -2.07. The first-order valence-corrected chi connectivity index (χ1v) is 7.78. The highest BCUT2D eigenvalue weighted by molar-refractivity contribution is 4.47. The second kappa shape index (κ2) is 16.9. The minimum atomic E-state index is 0.950. The number of hydrogen-bond acceptors (Lipinski definition) is 3. The van der Waals surface area contributed by atoms with Gasteiger partial charge in [0.05, 0.1) is 0 Å². The summed E-state index contributed by atoms with van der Waals surface area (Å²) >= 11 is 0. The van der Waals surface area contributed by atoms with E-state index in [0.29, 0.717) is 0 Å². The number of unbranched alkanes of at least 4 members (excludes halogenated alkanes) is 7. The van der Waals surface area contributed by atoms with E-state index >= 15 is 0 Å². The zero-order valence-corrected chi connectivity index (χ0v) is 12.6. The molecule has 0 spiro atoms. The number of hydrogen-bond donors (Lipinski definition) is 2. The van der Waals surface area contributed by atoms with Gasteiger partial charge in [-0.1, -0.05) is 25.7 Å². The molecule has 0 aliphatic rings. The van der Waals surface area contributed by atoms with Gasteiger partial charge in [-0.15, -0.1) is 0 Å². The summed E-state index contributed by atoms with van der Waals surface area (Å²) in [5, 5.41) is 6.35. The second-order valence-corrected chi connectivity index (χ2v) is 5.00. The fraction of sp³-hybridized carbons (Fsp3) is 1.00. The minimum absolute atomic E-state index is 0.950.